The highest BCUT2D eigenvalue weighted by Crippen LogP contribution is 2.39. The van der Waals surface area contributed by atoms with Gasteiger partial charge in [-0.15, -0.1) is 0 Å². The standard InChI is InChI=1S/C15H18N2O2/c1-14(19)8-5-9-15(17-3,13(14)18)11-6-4-7-12(10-11)16-2/h4,6-7,10,17,19H,5,8-9H2,1,3H3/t14-,15+/m0/s1. The molecular weight excluding hydrogens is 240 g/mol. The van der Waals surface area contributed by atoms with Gasteiger partial charge in [0.05, 0.1) is 6.57 Å². The highest BCUT2D eigenvalue weighted by atomic mass is 16.3. The third kappa shape index (κ3) is 2.16. The Kier molecular flexibility index (Phi) is 3.44. The number of hydrogen-bond acceptors (Lipinski definition) is 3. The van der Waals surface area contributed by atoms with Crippen LogP contribution in [-0.2, 0) is 10.3 Å². The van der Waals surface area contributed by atoms with Gasteiger partial charge in [-0.25, -0.2) is 4.85 Å². The molecule has 2 rings (SSSR count). The molecule has 0 unspecified atom stereocenters. The molecule has 1 aliphatic rings. The predicted octanol–water partition coefficient (Wildman–Crippen LogP) is 2.16. The molecule has 1 aromatic carbocycles. The molecule has 100 valence electrons. The van der Waals surface area contributed by atoms with Crippen molar-refractivity contribution >= 4 is 11.5 Å². The van der Waals surface area contributed by atoms with Crippen molar-refractivity contribution in [2.24, 2.45) is 0 Å². The average Bonchev–Trinajstić information content (AvgIpc) is 2.42. The predicted molar refractivity (Wildman–Crippen MR) is 72.9 cm³/mol. The highest BCUT2D eigenvalue weighted by molar-refractivity contribution is 5.97. The molecule has 2 atom stereocenters. The summed E-state index contributed by atoms with van der Waals surface area (Å²) in [5.41, 5.74) is -0.934. The van der Waals surface area contributed by atoms with Crippen LogP contribution in [0.1, 0.15) is 31.7 Å². The number of hydrogen-bond donors (Lipinski definition) is 2. The molecule has 4 nitrogen and oxygen atoms in total. The lowest BCUT2D eigenvalue weighted by molar-refractivity contribution is -0.148. The zero-order valence-corrected chi connectivity index (χ0v) is 11.2. The fraction of sp³-hybridized carbons (Fsp3) is 0.467. The van der Waals surface area contributed by atoms with Crippen molar-refractivity contribution < 1.29 is 9.90 Å². The molecule has 0 aromatic heterocycles. The second-order valence-electron chi connectivity index (χ2n) is 5.27. The van der Waals surface area contributed by atoms with Gasteiger partial charge in [-0.1, -0.05) is 24.3 Å². The van der Waals surface area contributed by atoms with Crippen LogP contribution in [0.25, 0.3) is 4.85 Å². The van der Waals surface area contributed by atoms with E-state index >= 15 is 0 Å². The van der Waals surface area contributed by atoms with E-state index in [-0.39, 0.29) is 5.78 Å². The van der Waals surface area contributed by atoms with Gasteiger partial charge >= 0.3 is 0 Å². The summed E-state index contributed by atoms with van der Waals surface area (Å²) in [6.45, 7) is 8.64. The number of likely N-dealkylation sites (N-methyl/N-ethyl adjacent to an activating group) is 1. The maximum Gasteiger partial charge on any atom is 0.188 e. The highest BCUT2D eigenvalue weighted by Gasteiger charge is 2.50. The summed E-state index contributed by atoms with van der Waals surface area (Å²) in [4.78, 5) is 16.0. The molecule has 4 heteroatoms. The third-order valence-corrected chi connectivity index (χ3v) is 3.99. The van der Waals surface area contributed by atoms with Crippen molar-refractivity contribution in [1.29, 1.82) is 0 Å². The zero-order chi connectivity index (χ0) is 14.1. The van der Waals surface area contributed by atoms with E-state index in [0.29, 0.717) is 18.5 Å². The fourth-order valence-electron chi connectivity index (χ4n) is 2.88. The number of aliphatic hydroxyl groups is 1. The molecule has 0 spiro atoms. The number of carbonyl (C=O) groups excluding carboxylic acids is 1. The Morgan fingerprint density at radius 3 is 2.79 bits per heavy atom. The molecule has 0 radical (unpaired) electrons. The molecule has 1 aromatic rings. The summed E-state index contributed by atoms with van der Waals surface area (Å²) < 4.78 is 0. The molecule has 1 saturated carbocycles. The Morgan fingerprint density at radius 2 is 2.16 bits per heavy atom. The van der Waals surface area contributed by atoms with Crippen molar-refractivity contribution in [3.8, 4) is 0 Å². The topological polar surface area (TPSA) is 53.7 Å². The largest absolute Gasteiger partial charge is 0.382 e. The van der Waals surface area contributed by atoms with Crippen molar-refractivity contribution in [2.45, 2.75) is 37.3 Å². The van der Waals surface area contributed by atoms with Gasteiger partial charge in [0.25, 0.3) is 0 Å². The van der Waals surface area contributed by atoms with E-state index in [1.54, 1.807) is 32.2 Å². The van der Waals surface area contributed by atoms with Crippen molar-refractivity contribution in [1.82, 2.24) is 5.32 Å². The van der Waals surface area contributed by atoms with Crippen molar-refractivity contribution in [3.05, 3.63) is 41.2 Å². The van der Waals surface area contributed by atoms with Crippen LogP contribution in [0.4, 0.5) is 5.69 Å². The molecular formula is C15H18N2O2. The Balaban J connectivity index is 2.53. The van der Waals surface area contributed by atoms with Gasteiger partial charge in [0.15, 0.2) is 11.5 Å². The fourth-order valence-corrected chi connectivity index (χ4v) is 2.88. The smallest absolute Gasteiger partial charge is 0.188 e. The Bertz CT molecular complexity index is 545. The van der Waals surface area contributed by atoms with Crippen LogP contribution < -0.4 is 5.32 Å². The van der Waals surface area contributed by atoms with E-state index in [0.717, 1.165) is 12.0 Å². The van der Waals surface area contributed by atoms with Gasteiger partial charge in [0.1, 0.15) is 11.1 Å². The van der Waals surface area contributed by atoms with E-state index < -0.39 is 11.1 Å². The van der Waals surface area contributed by atoms with E-state index in [1.165, 1.54) is 0 Å². The summed E-state index contributed by atoms with van der Waals surface area (Å²) >= 11 is 0. The third-order valence-electron chi connectivity index (χ3n) is 3.99. The first-order valence-electron chi connectivity index (χ1n) is 6.40. The molecule has 0 aliphatic heterocycles. The normalized spacial score (nSPS) is 30.9. The van der Waals surface area contributed by atoms with Crippen LogP contribution in [0.15, 0.2) is 24.3 Å². The number of nitrogens with one attached hydrogen (secondary N) is 1. The lowest BCUT2D eigenvalue weighted by Crippen LogP contribution is -2.59. The number of ketones is 1. The SMILES string of the molecule is [C-]#[N+]c1cccc([C@]2(NC)CCC[C@](C)(O)C2=O)c1. The number of benzene rings is 1. The molecule has 0 amide bonds. The van der Waals surface area contributed by atoms with Crippen LogP contribution in [0, 0.1) is 6.57 Å². The van der Waals surface area contributed by atoms with Gasteiger partial charge in [0, 0.05) is 0 Å². The molecule has 1 aliphatic carbocycles. The van der Waals surface area contributed by atoms with Crippen LogP contribution >= 0.6 is 0 Å². The first-order valence-corrected chi connectivity index (χ1v) is 6.40. The lowest BCUT2D eigenvalue weighted by atomic mass is 9.69. The summed E-state index contributed by atoms with van der Waals surface area (Å²) in [6, 6.07) is 7.05. The molecule has 1 fully saturated rings. The number of carbonyl (C=O) groups is 1. The van der Waals surface area contributed by atoms with Gasteiger partial charge in [-0.2, -0.15) is 0 Å². The second kappa shape index (κ2) is 4.76. The van der Waals surface area contributed by atoms with Crippen molar-refractivity contribution in [3.63, 3.8) is 0 Å². The Morgan fingerprint density at radius 1 is 1.42 bits per heavy atom. The monoisotopic (exact) mass is 258 g/mol. The molecule has 2 N–H and O–H groups in total. The minimum absolute atomic E-state index is 0.212. The second-order valence-corrected chi connectivity index (χ2v) is 5.27. The van der Waals surface area contributed by atoms with Crippen LogP contribution in [0.5, 0.6) is 0 Å². The maximum absolute atomic E-state index is 12.6. The number of Topliss-reactive ketones (excluding diaryl/α,β-unsaturated/α-hetero) is 1. The first-order chi connectivity index (χ1) is 8.96. The summed E-state index contributed by atoms with van der Waals surface area (Å²) in [5, 5.41) is 13.3. The van der Waals surface area contributed by atoms with E-state index in [2.05, 4.69) is 10.2 Å². The minimum Gasteiger partial charge on any atom is -0.382 e. The van der Waals surface area contributed by atoms with Gasteiger partial charge in [-0.3, -0.25) is 4.79 Å². The molecule has 0 bridgehead atoms. The van der Waals surface area contributed by atoms with E-state index in [1.807, 2.05) is 6.07 Å². The zero-order valence-electron chi connectivity index (χ0n) is 11.2. The van der Waals surface area contributed by atoms with E-state index in [9.17, 15) is 9.90 Å². The quantitative estimate of drug-likeness (QED) is 0.799. The summed E-state index contributed by atoms with van der Waals surface area (Å²) in [5.74, 6) is -0.212. The van der Waals surface area contributed by atoms with Gasteiger partial charge in [0.2, 0.25) is 0 Å². The summed E-state index contributed by atoms with van der Waals surface area (Å²) in [7, 11) is 1.73. The average molecular weight is 258 g/mol. The summed E-state index contributed by atoms with van der Waals surface area (Å²) in [6.07, 6.45) is 1.89. The van der Waals surface area contributed by atoms with Crippen LogP contribution in [-0.4, -0.2) is 23.5 Å². The molecule has 0 saturated heterocycles. The number of rotatable bonds is 2. The van der Waals surface area contributed by atoms with Gasteiger partial charge in [-0.05, 0) is 38.8 Å². The molecule has 19 heavy (non-hydrogen) atoms. The van der Waals surface area contributed by atoms with Gasteiger partial charge < -0.3 is 10.4 Å². The minimum atomic E-state index is -1.31. The first kappa shape index (κ1) is 13.7. The van der Waals surface area contributed by atoms with Crippen LogP contribution in [0.2, 0.25) is 0 Å². The van der Waals surface area contributed by atoms with E-state index in [4.69, 9.17) is 6.57 Å². The van der Waals surface area contributed by atoms with Crippen LogP contribution in [0.3, 0.4) is 0 Å². The Labute approximate surface area is 113 Å². The molecule has 0 heterocycles. The maximum atomic E-state index is 12.6. The number of nitrogens with zero attached hydrogens (tertiary/aromatic N) is 1. The lowest BCUT2D eigenvalue weighted by Gasteiger charge is -2.42. The van der Waals surface area contributed by atoms with Crippen molar-refractivity contribution in [2.75, 3.05) is 7.05 Å². The Hall–Kier alpha value is -1.70.